The number of hydrogen-bond acceptors (Lipinski definition) is 2. The number of urea groups is 1. The second-order valence-corrected chi connectivity index (χ2v) is 6.29. The van der Waals surface area contributed by atoms with Crippen molar-refractivity contribution >= 4 is 16.8 Å². The molecule has 0 aliphatic rings. The number of nitrogens with one attached hydrogen (secondary N) is 2. The highest BCUT2D eigenvalue weighted by atomic mass is 16.3. The maximum Gasteiger partial charge on any atom is 0.314 e. The Morgan fingerprint density at radius 2 is 1.54 bits per heavy atom. The molecular formula is C22H24N2O2. The van der Waals surface area contributed by atoms with Crippen molar-refractivity contribution < 1.29 is 9.90 Å². The molecule has 3 aromatic rings. The molecule has 0 heterocycles. The summed E-state index contributed by atoms with van der Waals surface area (Å²) in [5.41, 5.74) is 2.09. The molecule has 1 atom stereocenters. The van der Waals surface area contributed by atoms with E-state index in [1.807, 2.05) is 72.8 Å². The average Bonchev–Trinajstić information content (AvgIpc) is 2.68. The minimum absolute atomic E-state index is 0.203. The SMILES string of the molecule is O=C(NCCc1ccccc1)NCCC(O)c1cccc2ccccc12. The van der Waals surface area contributed by atoms with E-state index in [4.69, 9.17) is 0 Å². The number of fused-ring (bicyclic) bond motifs is 1. The van der Waals surface area contributed by atoms with Gasteiger partial charge in [0, 0.05) is 13.1 Å². The number of rotatable bonds is 7. The highest BCUT2D eigenvalue weighted by Gasteiger charge is 2.11. The van der Waals surface area contributed by atoms with Gasteiger partial charge in [0.05, 0.1) is 6.10 Å². The number of hydrogen-bond donors (Lipinski definition) is 3. The second kappa shape index (κ2) is 9.02. The molecule has 0 bridgehead atoms. The Kier molecular flexibility index (Phi) is 6.23. The zero-order chi connectivity index (χ0) is 18.2. The highest BCUT2D eigenvalue weighted by molar-refractivity contribution is 5.86. The molecule has 4 nitrogen and oxygen atoms in total. The van der Waals surface area contributed by atoms with Gasteiger partial charge in [-0.2, -0.15) is 0 Å². The van der Waals surface area contributed by atoms with Crippen molar-refractivity contribution in [3.63, 3.8) is 0 Å². The van der Waals surface area contributed by atoms with Crippen LogP contribution in [0, 0.1) is 0 Å². The number of aliphatic hydroxyl groups excluding tert-OH is 1. The third-order valence-corrected chi connectivity index (χ3v) is 4.43. The summed E-state index contributed by atoms with van der Waals surface area (Å²) in [6, 6.07) is 23.8. The third kappa shape index (κ3) is 4.83. The zero-order valence-corrected chi connectivity index (χ0v) is 14.7. The fourth-order valence-electron chi connectivity index (χ4n) is 3.05. The Bertz CT molecular complexity index is 844. The van der Waals surface area contributed by atoms with Crippen LogP contribution in [-0.4, -0.2) is 24.2 Å². The molecule has 2 amide bonds. The Morgan fingerprint density at radius 1 is 0.846 bits per heavy atom. The molecule has 0 radical (unpaired) electrons. The molecular weight excluding hydrogens is 324 g/mol. The summed E-state index contributed by atoms with van der Waals surface area (Å²) < 4.78 is 0. The van der Waals surface area contributed by atoms with E-state index in [1.54, 1.807) is 0 Å². The Morgan fingerprint density at radius 3 is 2.38 bits per heavy atom. The summed E-state index contributed by atoms with van der Waals surface area (Å²) >= 11 is 0. The van der Waals surface area contributed by atoms with Gasteiger partial charge in [0.2, 0.25) is 0 Å². The molecule has 0 aromatic heterocycles. The van der Waals surface area contributed by atoms with Gasteiger partial charge in [-0.3, -0.25) is 0 Å². The molecule has 0 aliphatic carbocycles. The predicted molar refractivity (Wildman–Crippen MR) is 105 cm³/mol. The first-order chi connectivity index (χ1) is 12.7. The van der Waals surface area contributed by atoms with Crippen LogP contribution < -0.4 is 10.6 Å². The van der Waals surface area contributed by atoms with Crippen LogP contribution in [0.4, 0.5) is 4.79 Å². The summed E-state index contributed by atoms with van der Waals surface area (Å²) in [5.74, 6) is 0. The molecule has 1 unspecified atom stereocenters. The first-order valence-corrected chi connectivity index (χ1v) is 8.95. The molecule has 0 fully saturated rings. The van der Waals surface area contributed by atoms with E-state index in [0.29, 0.717) is 19.5 Å². The number of benzene rings is 3. The lowest BCUT2D eigenvalue weighted by molar-refractivity contribution is 0.168. The monoisotopic (exact) mass is 348 g/mol. The Hall–Kier alpha value is -2.85. The fourth-order valence-corrected chi connectivity index (χ4v) is 3.05. The molecule has 4 heteroatoms. The van der Waals surface area contributed by atoms with Crippen LogP contribution in [0.25, 0.3) is 10.8 Å². The molecule has 0 saturated heterocycles. The zero-order valence-electron chi connectivity index (χ0n) is 14.7. The fraction of sp³-hybridized carbons (Fsp3) is 0.227. The summed E-state index contributed by atoms with van der Waals surface area (Å²) in [7, 11) is 0. The van der Waals surface area contributed by atoms with Gasteiger partial charge < -0.3 is 15.7 Å². The molecule has 0 spiro atoms. The van der Waals surface area contributed by atoms with Gasteiger partial charge in [0.25, 0.3) is 0 Å². The topological polar surface area (TPSA) is 61.4 Å². The summed E-state index contributed by atoms with van der Waals surface area (Å²) in [6.45, 7) is 1.00. The van der Waals surface area contributed by atoms with Gasteiger partial charge >= 0.3 is 6.03 Å². The van der Waals surface area contributed by atoms with Crippen LogP contribution in [0.5, 0.6) is 0 Å². The molecule has 26 heavy (non-hydrogen) atoms. The summed E-state index contributed by atoms with van der Waals surface area (Å²) in [5, 5.41) is 18.3. The van der Waals surface area contributed by atoms with Crippen molar-refractivity contribution in [3.05, 3.63) is 83.9 Å². The van der Waals surface area contributed by atoms with Gasteiger partial charge in [-0.25, -0.2) is 4.79 Å². The number of carbonyl (C=O) groups is 1. The highest BCUT2D eigenvalue weighted by Crippen LogP contribution is 2.25. The maximum absolute atomic E-state index is 11.9. The van der Waals surface area contributed by atoms with E-state index in [1.165, 1.54) is 5.56 Å². The lowest BCUT2D eigenvalue weighted by Crippen LogP contribution is -2.37. The van der Waals surface area contributed by atoms with Crippen LogP contribution in [0.1, 0.15) is 23.7 Å². The van der Waals surface area contributed by atoms with Crippen LogP contribution in [0.15, 0.2) is 72.8 Å². The van der Waals surface area contributed by atoms with Crippen molar-refractivity contribution in [2.24, 2.45) is 0 Å². The van der Waals surface area contributed by atoms with E-state index in [0.717, 1.165) is 22.8 Å². The van der Waals surface area contributed by atoms with Crippen molar-refractivity contribution in [1.82, 2.24) is 10.6 Å². The molecule has 0 saturated carbocycles. The smallest absolute Gasteiger partial charge is 0.314 e. The Balaban J connectivity index is 1.43. The second-order valence-electron chi connectivity index (χ2n) is 6.29. The predicted octanol–water partition coefficient (Wildman–Crippen LogP) is 3.81. The normalized spacial score (nSPS) is 11.9. The van der Waals surface area contributed by atoms with Gasteiger partial charge in [-0.1, -0.05) is 72.8 Å². The van der Waals surface area contributed by atoms with E-state index < -0.39 is 6.10 Å². The van der Waals surface area contributed by atoms with E-state index in [9.17, 15) is 9.90 Å². The van der Waals surface area contributed by atoms with Gasteiger partial charge in [0.15, 0.2) is 0 Å². The van der Waals surface area contributed by atoms with E-state index >= 15 is 0 Å². The van der Waals surface area contributed by atoms with Gasteiger partial charge in [0.1, 0.15) is 0 Å². The standard InChI is InChI=1S/C22H24N2O2/c25-21(20-12-6-10-18-9-4-5-11-19(18)20)14-16-24-22(26)23-15-13-17-7-2-1-3-8-17/h1-12,21,25H,13-16H2,(H2,23,24,26). The number of amides is 2. The summed E-state index contributed by atoms with van der Waals surface area (Å²) in [4.78, 5) is 11.9. The number of aliphatic hydroxyl groups is 1. The summed E-state index contributed by atoms with van der Waals surface area (Å²) in [6.07, 6.45) is 0.665. The molecule has 0 aliphatic heterocycles. The molecule has 3 aromatic carbocycles. The molecule has 3 N–H and O–H groups in total. The number of carbonyl (C=O) groups excluding carboxylic acids is 1. The van der Waals surface area contributed by atoms with Gasteiger partial charge in [-0.05, 0) is 34.7 Å². The first-order valence-electron chi connectivity index (χ1n) is 8.95. The van der Waals surface area contributed by atoms with Crippen LogP contribution in [-0.2, 0) is 6.42 Å². The van der Waals surface area contributed by atoms with Crippen molar-refractivity contribution in [1.29, 1.82) is 0 Å². The average molecular weight is 348 g/mol. The lowest BCUT2D eigenvalue weighted by Gasteiger charge is -2.14. The van der Waals surface area contributed by atoms with E-state index in [-0.39, 0.29) is 6.03 Å². The molecule has 134 valence electrons. The Labute approximate surface area is 153 Å². The lowest BCUT2D eigenvalue weighted by atomic mass is 9.99. The minimum Gasteiger partial charge on any atom is -0.388 e. The van der Waals surface area contributed by atoms with Crippen LogP contribution >= 0.6 is 0 Å². The largest absolute Gasteiger partial charge is 0.388 e. The minimum atomic E-state index is -0.606. The van der Waals surface area contributed by atoms with Crippen molar-refractivity contribution in [3.8, 4) is 0 Å². The first kappa shape index (κ1) is 18.0. The third-order valence-electron chi connectivity index (χ3n) is 4.43. The van der Waals surface area contributed by atoms with Crippen molar-refractivity contribution in [2.75, 3.05) is 13.1 Å². The molecule has 3 rings (SSSR count). The maximum atomic E-state index is 11.9. The van der Waals surface area contributed by atoms with Crippen molar-refractivity contribution in [2.45, 2.75) is 18.9 Å². The van der Waals surface area contributed by atoms with Crippen LogP contribution in [0.3, 0.4) is 0 Å². The van der Waals surface area contributed by atoms with E-state index in [2.05, 4.69) is 10.6 Å². The van der Waals surface area contributed by atoms with Crippen LogP contribution in [0.2, 0.25) is 0 Å². The quantitative estimate of drug-likeness (QED) is 0.608. The van der Waals surface area contributed by atoms with Gasteiger partial charge in [-0.15, -0.1) is 0 Å².